The predicted molar refractivity (Wildman–Crippen MR) is 142 cm³/mol. The number of unbranched alkanes of at least 4 members (excludes halogenated alkanes) is 7. The molecular formula is C24H27BrN2O6S2. The molecule has 0 bridgehead atoms. The number of hydrogen-bond acceptors (Lipinski definition) is 6. The Labute approximate surface area is 221 Å². The van der Waals surface area contributed by atoms with Gasteiger partial charge in [-0.05, 0) is 31.0 Å². The summed E-state index contributed by atoms with van der Waals surface area (Å²) in [7, 11) is 0. The van der Waals surface area contributed by atoms with E-state index < -0.39 is 24.4 Å². The minimum Gasteiger partial charge on any atom is -0.481 e. The van der Waals surface area contributed by atoms with Crippen LogP contribution >= 0.6 is 39.9 Å². The molecule has 2 heterocycles. The molecule has 2 aliphatic heterocycles. The van der Waals surface area contributed by atoms with Crippen molar-refractivity contribution in [2.24, 2.45) is 0 Å². The van der Waals surface area contributed by atoms with Gasteiger partial charge in [-0.15, -0.1) is 0 Å². The summed E-state index contributed by atoms with van der Waals surface area (Å²) in [6.45, 7) is -0.0186. The van der Waals surface area contributed by atoms with Crippen molar-refractivity contribution in [3.05, 3.63) is 33.1 Å². The Morgan fingerprint density at radius 2 is 1.51 bits per heavy atom. The van der Waals surface area contributed by atoms with Gasteiger partial charge in [0.25, 0.3) is 11.8 Å². The highest BCUT2D eigenvalue weighted by Gasteiger charge is 2.42. The van der Waals surface area contributed by atoms with Crippen LogP contribution in [0.4, 0.5) is 5.69 Å². The first-order valence-electron chi connectivity index (χ1n) is 11.5. The third-order valence-corrected chi connectivity index (χ3v) is 7.81. The van der Waals surface area contributed by atoms with Crippen LogP contribution in [0, 0.1) is 0 Å². The lowest BCUT2D eigenvalue weighted by Gasteiger charge is -2.14. The first-order chi connectivity index (χ1) is 16.7. The van der Waals surface area contributed by atoms with E-state index in [1.54, 1.807) is 18.2 Å². The van der Waals surface area contributed by atoms with Gasteiger partial charge in [0.2, 0.25) is 0 Å². The third-order valence-electron chi connectivity index (χ3n) is 5.87. The number of carbonyl (C=O) groups excluding carboxylic acids is 2. The van der Waals surface area contributed by atoms with Crippen molar-refractivity contribution in [1.82, 2.24) is 4.90 Å². The molecule has 188 valence electrons. The Morgan fingerprint density at radius 1 is 0.886 bits per heavy atom. The van der Waals surface area contributed by atoms with Crippen LogP contribution in [0.5, 0.6) is 0 Å². The van der Waals surface area contributed by atoms with Gasteiger partial charge in [-0.3, -0.25) is 29.0 Å². The Kier molecular flexibility index (Phi) is 9.88. The first kappa shape index (κ1) is 27.3. The van der Waals surface area contributed by atoms with E-state index in [0.29, 0.717) is 22.1 Å². The standard InChI is InChI=1S/C24H27BrN2O6S2/c25-15-10-11-17-16(13-15)20(22(32)27(17)14-19(30)31)21-23(33)26(24(34)35-21)12-8-6-4-2-1-3-5-7-9-18(28)29/h10-11,13H,1-9,12,14H2,(H,28,29)(H,30,31)/b21-20-. The Balaban J connectivity index is 1.58. The molecule has 2 N–H and O–H groups in total. The quantitative estimate of drug-likeness (QED) is 0.189. The number of thioether (sulfide) groups is 1. The zero-order chi connectivity index (χ0) is 25.5. The largest absolute Gasteiger partial charge is 0.481 e. The Morgan fingerprint density at radius 3 is 2.14 bits per heavy atom. The van der Waals surface area contributed by atoms with E-state index in [4.69, 9.17) is 17.3 Å². The summed E-state index contributed by atoms with van der Waals surface area (Å²) in [6.07, 6.45) is 7.79. The SMILES string of the molecule is O=C(O)CCCCCCCCCCN1C(=O)/C(=C2/C(=O)N(CC(=O)O)c3ccc(Br)cc32)SC1=S. The number of halogens is 1. The van der Waals surface area contributed by atoms with Crippen LogP contribution in [0.1, 0.15) is 63.4 Å². The number of rotatable bonds is 13. The van der Waals surface area contributed by atoms with E-state index in [1.807, 2.05) is 0 Å². The number of carboxylic acid groups (broad SMARTS) is 2. The molecule has 11 heteroatoms. The topological polar surface area (TPSA) is 115 Å². The average Bonchev–Trinajstić information content (AvgIpc) is 3.21. The molecule has 0 radical (unpaired) electrons. The fourth-order valence-electron chi connectivity index (χ4n) is 4.16. The summed E-state index contributed by atoms with van der Waals surface area (Å²) < 4.78 is 1.12. The number of hydrogen-bond donors (Lipinski definition) is 2. The molecule has 1 saturated heterocycles. The van der Waals surface area contributed by atoms with E-state index in [1.165, 1.54) is 9.80 Å². The van der Waals surface area contributed by atoms with Crippen molar-refractivity contribution in [2.45, 2.75) is 57.8 Å². The first-order valence-corrected chi connectivity index (χ1v) is 13.6. The molecule has 1 aromatic carbocycles. The van der Waals surface area contributed by atoms with Gasteiger partial charge in [-0.25, -0.2) is 0 Å². The molecule has 2 amide bonds. The van der Waals surface area contributed by atoms with E-state index >= 15 is 0 Å². The number of carboxylic acids is 2. The fourth-order valence-corrected chi connectivity index (χ4v) is 5.91. The second-order valence-corrected chi connectivity index (χ2v) is 11.0. The second-order valence-electron chi connectivity index (χ2n) is 8.45. The number of fused-ring (bicyclic) bond motifs is 1. The molecule has 0 aliphatic carbocycles. The highest BCUT2D eigenvalue weighted by atomic mass is 79.9. The monoisotopic (exact) mass is 582 g/mol. The molecule has 8 nitrogen and oxygen atoms in total. The summed E-state index contributed by atoms with van der Waals surface area (Å²) in [6, 6.07) is 5.12. The fraction of sp³-hybridized carbons (Fsp3) is 0.458. The minimum atomic E-state index is -1.14. The smallest absolute Gasteiger partial charge is 0.323 e. The summed E-state index contributed by atoms with van der Waals surface area (Å²) in [5.41, 5.74) is 1.18. The number of nitrogens with zero attached hydrogens (tertiary/aromatic N) is 2. The second kappa shape index (κ2) is 12.6. The van der Waals surface area contributed by atoms with Crippen LogP contribution in [0.25, 0.3) is 5.57 Å². The minimum absolute atomic E-state index is 0.199. The summed E-state index contributed by atoms with van der Waals surface area (Å²) in [5, 5.41) is 17.9. The normalized spacial score (nSPS) is 17.5. The number of amides is 2. The summed E-state index contributed by atoms with van der Waals surface area (Å²) >= 11 is 9.91. The number of benzene rings is 1. The Bertz CT molecular complexity index is 1070. The number of aliphatic carboxylic acids is 2. The van der Waals surface area contributed by atoms with Gasteiger partial charge in [0, 0.05) is 23.0 Å². The van der Waals surface area contributed by atoms with Gasteiger partial charge in [-0.1, -0.05) is 78.4 Å². The van der Waals surface area contributed by atoms with Gasteiger partial charge in [0.1, 0.15) is 10.9 Å². The van der Waals surface area contributed by atoms with Gasteiger partial charge >= 0.3 is 11.9 Å². The predicted octanol–water partition coefficient (Wildman–Crippen LogP) is 5.05. The molecular weight excluding hydrogens is 556 g/mol. The van der Waals surface area contributed by atoms with Crippen LogP contribution in [0.15, 0.2) is 27.6 Å². The van der Waals surface area contributed by atoms with Gasteiger partial charge in [0.15, 0.2) is 0 Å². The molecule has 35 heavy (non-hydrogen) atoms. The molecule has 0 atom stereocenters. The van der Waals surface area contributed by atoms with Gasteiger partial charge < -0.3 is 10.2 Å². The number of anilines is 1. The molecule has 0 aromatic heterocycles. The van der Waals surface area contributed by atoms with E-state index in [0.717, 1.165) is 67.6 Å². The molecule has 0 unspecified atom stereocenters. The van der Waals surface area contributed by atoms with Crippen LogP contribution in [0.3, 0.4) is 0 Å². The van der Waals surface area contributed by atoms with Crippen molar-refractivity contribution < 1.29 is 29.4 Å². The molecule has 1 aromatic rings. The van der Waals surface area contributed by atoms with Crippen LogP contribution < -0.4 is 4.90 Å². The Hall–Kier alpha value is -2.24. The van der Waals surface area contributed by atoms with Gasteiger partial charge in [0.05, 0.1) is 16.2 Å². The van der Waals surface area contributed by atoms with Crippen molar-refractivity contribution in [2.75, 3.05) is 18.0 Å². The van der Waals surface area contributed by atoms with Crippen LogP contribution in [-0.2, 0) is 19.2 Å². The highest BCUT2D eigenvalue weighted by Crippen LogP contribution is 2.45. The van der Waals surface area contributed by atoms with Crippen molar-refractivity contribution in [3.8, 4) is 0 Å². The highest BCUT2D eigenvalue weighted by molar-refractivity contribution is 9.10. The lowest BCUT2D eigenvalue weighted by atomic mass is 10.1. The average molecular weight is 584 g/mol. The summed E-state index contributed by atoms with van der Waals surface area (Å²) in [5.74, 6) is -2.71. The maximum atomic E-state index is 13.2. The number of carbonyl (C=O) groups is 4. The third kappa shape index (κ3) is 6.92. The maximum Gasteiger partial charge on any atom is 0.323 e. The zero-order valence-electron chi connectivity index (χ0n) is 19.1. The van der Waals surface area contributed by atoms with Crippen molar-refractivity contribution >= 4 is 79.2 Å². The maximum absolute atomic E-state index is 13.2. The number of thiocarbonyl (C=S) groups is 1. The van der Waals surface area contributed by atoms with Crippen molar-refractivity contribution in [1.29, 1.82) is 0 Å². The lowest BCUT2D eigenvalue weighted by molar-refractivity contribution is -0.137. The van der Waals surface area contributed by atoms with E-state index in [2.05, 4.69) is 15.9 Å². The molecule has 0 spiro atoms. The zero-order valence-corrected chi connectivity index (χ0v) is 22.3. The molecule has 2 aliphatic rings. The van der Waals surface area contributed by atoms with E-state index in [-0.39, 0.29) is 22.8 Å². The molecule has 0 saturated carbocycles. The van der Waals surface area contributed by atoms with Crippen molar-refractivity contribution in [3.63, 3.8) is 0 Å². The van der Waals surface area contributed by atoms with Gasteiger partial charge in [-0.2, -0.15) is 0 Å². The molecule has 3 rings (SSSR count). The van der Waals surface area contributed by atoms with Crippen LogP contribution in [-0.4, -0.2) is 56.3 Å². The summed E-state index contributed by atoms with van der Waals surface area (Å²) in [4.78, 5) is 51.1. The van der Waals surface area contributed by atoms with Crippen LogP contribution in [0.2, 0.25) is 0 Å². The lowest BCUT2D eigenvalue weighted by Crippen LogP contribution is -2.33. The van der Waals surface area contributed by atoms with E-state index in [9.17, 15) is 24.3 Å². The molecule has 1 fully saturated rings.